The van der Waals surface area contributed by atoms with E-state index in [2.05, 4.69) is 15.6 Å². The van der Waals surface area contributed by atoms with Gasteiger partial charge in [0.15, 0.2) is 0 Å². The number of urea groups is 1. The van der Waals surface area contributed by atoms with Gasteiger partial charge in [-0.15, -0.1) is 0 Å². The molecule has 15 heteroatoms. The molecule has 2 aromatic rings. The number of carboxylic acid groups (broad SMARTS) is 3. The Balaban J connectivity index is 1.94. The Kier molecular flexibility index (Phi) is 12.6. The number of hydrogen-bond acceptors (Lipinski definition) is 7. The number of pyridine rings is 1. The van der Waals surface area contributed by atoms with Crippen LogP contribution in [0.25, 0.3) is 0 Å². The predicted octanol–water partition coefficient (Wildman–Crippen LogP) is 1.22. The minimum atomic E-state index is -1.54. The number of anilines is 1. The fourth-order valence-corrected chi connectivity index (χ4v) is 3.63. The van der Waals surface area contributed by atoms with E-state index < -0.39 is 60.7 Å². The molecule has 0 radical (unpaired) electrons. The van der Waals surface area contributed by atoms with E-state index in [9.17, 15) is 38.3 Å². The zero-order chi connectivity index (χ0) is 30.4. The van der Waals surface area contributed by atoms with Gasteiger partial charge in [0.25, 0.3) is 5.91 Å². The molecule has 1 heterocycles. The van der Waals surface area contributed by atoms with Crippen LogP contribution in [0, 0.1) is 5.95 Å². The van der Waals surface area contributed by atoms with E-state index in [1.54, 1.807) is 30.3 Å². The van der Waals surface area contributed by atoms with Crippen molar-refractivity contribution < 1.29 is 48.5 Å². The fraction of sp³-hybridized carbons (Fsp3) is 0.346. The Hall–Kier alpha value is -5.08. The third kappa shape index (κ3) is 11.3. The number of carbonyl (C=O) groups excluding carboxylic acids is 3. The van der Waals surface area contributed by atoms with Crippen molar-refractivity contribution in [2.45, 2.75) is 44.2 Å². The van der Waals surface area contributed by atoms with Crippen LogP contribution in [-0.4, -0.2) is 81.2 Å². The standard InChI is InChI=1S/C26H30FN5O9/c27-20-11-9-16(15-29-20)23(36)28-13-14-32(17-5-2-1-3-6-17)21(33)8-4-7-18(24(37)38)30-26(41)31-19(25(39)40)10-12-22(34)35/h1-3,5-6,9,11,15,18-19H,4,7-8,10,12-14H2,(H,28,36)(H,34,35)(H,37,38)(H,39,40)(H2,30,31,41)/t18-,19-/m0/s1. The Labute approximate surface area is 233 Å². The molecule has 0 aliphatic heterocycles. The minimum Gasteiger partial charge on any atom is -0.481 e. The first kappa shape index (κ1) is 32.1. The van der Waals surface area contributed by atoms with E-state index in [1.807, 2.05) is 5.32 Å². The molecule has 4 amide bonds. The van der Waals surface area contributed by atoms with Gasteiger partial charge >= 0.3 is 23.9 Å². The summed E-state index contributed by atoms with van der Waals surface area (Å²) in [5.74, 6) is -5.79. The summed E-state index contributed by atoms with van der Waals surface area (Å²) in [6, 6.07) is 6.73. The maximum absolute atomic E-state index is 13.0. The summed E-state index contributed by atoms with van der Waals surface area (Å²) < 4.78 is 13.0. The first-order chi connectivity index (χ1) is 19.5. The third-order valence-corrected chi connectivity index (χ3v) is 5.72. The van der Waals surface area contributed by atoms with E-state index in [0.29, 0.717) is 5.69 Å². The van der Waals surface area contributed by atoms with Gasteiger partial charge in [-0.2, -0.15) is 4.39 Å². The number of hydrogen-bond donors (Lipinski definition) is 6. The average molecular weight is 576 g/mol. The van der Waals surface area contributed by atoms with E-state index in [-0.39, 0.29) is 43.8 Å². The number of halogens is 1. The number of amides is 4. The molecule has 1 aromatic heterocycles. The summed E-state index contributed by atoms with van der Waals surface area (Å²) in [6.07, 6.45) is -0.0929. The van der Waals surface area contributed by atoms with Gasteiger partial charge in [-0.25, -0.2) is 19.4 Å². The summed E-state index contributed by atoms with van der Waals surface area (Å²) >= 11 is 0. The number of nitrogens with one attached hydrogen (secondary N) is 3. The molecule has 6 N–H and O–H groups in total. The first-order valence-electron chi connectivity index (χ1n) is 12.5. The summed E-state index contributed by atoms with van der Waals surface area (Å²) in [6.45, 7) is 0.113. The lowest BCUT2D eigenvalue weighted by molar-refractivity contribution is -0.140. The molecule has 220 valence electrons. The minimum absolute atomic E-state index is 0.0361. The van der Waals surface area contributed by atoms with Gasteiger partial charge in [0.05, 0.1) is 5.56 Å². The molecule has 41 heavy (non-hydrogen) atoms. The first-order valence-corrected chi connectivity index (χ1v) is 12.5. The summed E-state index contributed by atoms with van der Waals surface area (Å²) in [5, 5.41) is 34.1. The smallest absolute Gasteiger partial charge is 0.326 e. The van der Waals surface area contributed by atoms with Crippen molar-refractivity contribution in [2.75, 3.05) is 18.0 Å². The van der Waals surface area contributed by atoms with Crippen LogP contribution in [0.1, 0.15) is 42.5 Å². The maximum atomic E-state index is 13.0. The third-order valence-electron chi connectivity index (χ3n) is 5.72. The van der Waals surface area contributed by atoms with Gasteiger partial charge in [-0.05, 0) is 43.5 Å². The number of aliphatic carboxylic acids is 3. The van der Waals surface area contributed by atoms with Crippen molar-refractivity contribution in [1.29, 1.82) is 0 Å². The monoisotopic (exact) mass is 575 g/mol. The van der Waals surface area contributed by atoms with Crippen LogP contribution < -0.4 is 20.9 Å². The summed E-state index contributed by atoms with van der Waals surface area (Å²) in [5.41, 5.74) is 0.667. The highest BCUT2D eigenvalue weighted by Crippen LogP contribution is 2.16. The van der Waals surface area contributed by atoms with Crippen LogP contribution in [0.5, 0.6) is 0 Å². The van der Waals surface area contributed by atoms with E-state index in [0.717, 1.165) is 12.3 Å². The van der Waals surface area contributed by atoms with E-state index in [1.165, 1.54) is 11.0 Å². The molecule has 2 rings (SSSR count). The molecule has 1 aromatic carbocycles. The van der Waals surface area contributed by atoms with E-state index in [4.69, 9.17) is 10.2 Å². The van der Waals surface area contributed by atoms with Crippen molar-refractivity contribution in [2.24, 2.45) is 0 Å². The molecule has 0 spiro atoms. The summed E-state index contributed by atoms with van der Waals surface area (Å²) in [7, 11) is 0. The van der Waals surface area contributed by atoms with Crippen LogP contribution in [-0.2, 0) is 19.2 Å². The predicted molar refractivity (Wildman–Crippen MR) is 141 cm³/mol. The van der Waals surface area contributed by atoms with Crippen molar-refractivity contribution in [3.05, 3.63) is 60.2 Å². The van der Waals surface area contributed by atoms with Crippen molar-refractivity contribution >= 4 is 41.4 Å². The number of nitrogens with zero attached hydrogens (tertiary/aromatic N) is 2. The van der Waals surface area contributed by atoms with E-state index >= 15 is 0 Å². The Bertz CT molecular complexity index is 1230. The molecule has 0 bridgehead atoms. The van der Waals surface area contributed by atoms with Crippen molar-refractivity contribution in [3.63, 3.8) is 0 Å². The van der Waals surface area contributed by atoms with Gasteiger partial charge in [0, 0.05) is 37.8 Å². The molecular formula is C26H30FN5O9. The Morgan fingerprint density at radius 3 is 2.05 bits per heavy atom. The second-order valence-corrected chi connectivity index (χ2v) is 8.73. The molecule has 0 unspecified atom stereocenters. The maximum Gasteiger partial charge on any atom is 0.326 e. The number of rotatable bonds is 16. The van der Waals surface area contributed by atoms with Crippen molar-refractivity contribution in [3.8, 4) is 0 Å². The lowest BCUT2D eigenvalue weighted by Gasteiger charge is -2.24. The van der Waals surface area contributed by atoms with Crippen LogP contribution in [0.3, 0.4) is 0 Å². The van der Waals surface area contributed by atoms with Crippen LogP contribution in [0.4, 0.5) is 14.9 Å². The normalized spacial score (nSPS) is 11.9. The van der Waals surface area contributed by atoms with Gasteiger partial charge in [0.1, 0.15) is 12.1 Å². The lowest BCUT2D eigenvalue weighted by atomic mass is 10.1. The Morgan fingerprint density at radius 2 is 1.49 bits per heavy atom. The van der Waals surface area contributed by atoms with Gasteiger partial charge in [0.2, 0.25) is 11.9 Å². The largest absolute Gasteiger partial charge is 0.481 e. The topological polar surface area (TPSA) is 215 Å². The van der Waals surface area contributed by atoms with Crippen LogP contribution >= 0.6 is 0 Å². The average Bonchev–Trinajstić information content (AvgIpc) is 2.93. The summed E-state index contributed by atoms with van der Waals surface area (Å²) in [4.78, 5) is 75.9. The number of aromatic nitrogens is 1. The second kappa shape index (κ2) is 16.1. The van der Waals surface area contributed by atoms with Crippen molar-refractivity contribution in [1.82, 2.24) is 20.9 Å². The van der Waals surface area contributed by atoms with Gasteiger partial charge < -0.3 is 36.2 Å². The molecule has 2 atom stereocenters. The number of para-hydroxylation sites is 1. The molecule has 0 saturated carbocycles. The molecule has 14 nitrogen and oxygen atoms in total. The molecule has 0 saturated heterocycles. The quantitative estimate of drug-likeness (QED) is 0.157. The fourth-order valence-electron chi connectivity index (χ4n) is 3.63. The molecule has 0 aliphatic rings. The van der Waals surface area contributed by atoms with Crippen LogP contribution in [0.15, 0.2) is 48.7 Å². The second-order valence-electron chi connectivity index (χ2n) is 8.73. The lowest BCUT2D eigenvalue weighted by Crippen LogP contribution is -2.51. The molecule has 0 fully saturated rings. The highest BCUT2D eigenvalue weighted by molar-refractivity contribution is 5.95. The number of carbonyl (C=O) groups is 6. The highest BCUT2D eigenvalue weighted by Gasteiger charge is 2.25. The SMILES string of the molecule is O=C(O)CC[C@H](NC(=O)N[C@@H](CCCC(=O)N(CCNC(=O)c1ccc(F)nc1)c1ccccc1)C(=O)O)C(=O)O. The number of benzene rings is 1. The molecular weight excluding hydrogens is 545 g/mol. The highest BCUT2D eigenvalue weighted by atomic mass is 19.1. The number of carboxylic acids is 3. The molecule has 0 aliphatic carbocycles. The van der Waals surface area contributed by atoms with Gasteiger partial charge in [-0.3, -0.25) is 14.4 Å². The Morgan fingerprint density at radius 1 is 0.854 bits per heavy atom. The zero-order valence-corrected chi connectivity index (χ0v) is 21.8. The van der Waals surface area contributed by atoms with Gasteiger partial charge in [-0.1, -0.05) is 18.2 Å². The van der Waals surface area contributed by atoms with Crippen LogP contribution in [0.2, 0.25) is 0 Å². The zero-order valence-electron chi connectivity index (χ0n) is 21.8.